The van der Waals surface area contributed by atoms with E-state index in [-0.39, 0.29) is 29.6 Å². The highest BCUT2D eigenvalue weighted by molar-refractivity contribution is 7.99. The van der Waals surface area contributed by atoms with E-state index in [9.17, 15) is 9.90 Å². The van der Waals surface area contributed by atoms with Crippen molar-refractivity contribution in [3.05, 3.63) is 4.88 Å². The van der Waals surface area contributed by atoms with E-state index in [1.165, 1.54) is 29.5 Å². The Morgan fingerprint density at radius 1 is 1.62 bits per heavy atom. The Bertz CT molecular complexity index is 487. The van der Waals surface area contributed by atoms with Gasteiger partial charge in [0.1, 0.15) is 10.7 Å². The van der Waals surface area contributed by atoms with Crippen molar-refractivity contribution < 1.29 is 9.90 Å². The van der Waals surface area contributed by atoms with Crippen molar-refractivity contribution in [2.45, 2.75) is 43.5 Å². The van der Waals surface area contributed by atoms with Crippen molar-refractivity contribution in [2.24, 2.45) is 0 Å². The van der Waals surface area contributed by atoms with E-state index in [4.69, 9.17) is 5.73 Å². The number of nitrogen functional groups attached to an aromatic ring is 1. The molecule has 8 heteroatoms. The van der Waals surface area contributed by atoms with Crippen molar-refractivity contribution in [1.82, 2.24) is 10.3 Å². The van der Waals surface area contributed by atoms with Gasteiger partial charge in [0, 0.05) is 17.3 Å². The van der Waals surface area contributed by atoms with Crippen LogP contribution in [0.1, 0.15) is 35.9 Å². The minimum absolute atomic E-state index is 0.0231. The molecule has 118 valence electrons. The Hall–Kier alpha value is -0.990. The van der Waals surface area contributed by atoms with Gasteiger partial charge in [-0.1, -0.05) is 11.3 Å². The number of aliphatic hydroxyl groups is 1. The SMILES string of the molecule is CSC(CO)C(C)NC(=O)c1sc(NC2CCC2)nc1N. The molecule has 1 saturated carbocycles. The standard InChI is InChI=1S/C13H22N4O2S2/c1-7(9(6-18)20-2)15-12(19)10-11(14)17-13(21-10)16-8-4-3-5-8/h7-9,18H,3-6,14H2,1-2H3,(H,15,19)(H,16,17). The molecule has 0 saturated heterocycles. The predicted octanol–water partition coefficient (Wildman–Crippen LogP) is 1.53. The number of rotatable bonds is 7. The summed E-state index contributed by atoms with van der Waals surface area (Å²) in [6.45, 7) is 1.90. The average molecular weight is 330 g/mol. The molecule has 0 bridgehead atoms. The molecule has 0 radical (unpaired) electrons. The van der Waals surface area contributed by atoms with Crippen LogP contribution in [0.5, 0.6) is 0 Å². The number of amides is 1. The summed E-state index contributed by atoms with van der Waals surface area (Å²) >= 11 is 2.81. The first-order chi connectivity index (χ1) is 10.0. The van der Waals surface area contributed by atoms with Crippen LogP contribution in [0.15, 0.2) is 0 Å². The average Bonchev–Trinajstić information content (AvgIpc) is 2.76. The Morgan fingerprint density at radius 3 is 2.86 bits per heavy atom. The van der Waals surface area contributed by atoms with Crippen molar-refractivity contribution in [2.75, 3.05) is 23.9 Å². The van der Waals surface area contributed by atoms with Crippen molar-refractivity contribution in [3.8, 4) is 0 Å². The van der Waals surface area contributed by atoms with E-state index in [0.29, 0.717) is 16.1 Å². The van der Waals surface area contributed by atoms with Gasteiger partial charge in [-0.25, -0.2) is 4.98 Å². The number of anilines is 2. The molecule has 1 aliphatic rings. The second-order valence-corrected chi connectivity index (χ2v) is 7.30. The van der Waals surface area contributed by atoms with Gasteiger partial charge in [-0.2, -0.15) is 11.8 Å². The fourth-order valence-electron chi connectivity index (χ4n) is 2.09. The number of hydrogen-bond donors (Lipinski definition) is 4. The van der Waals surface area contributed by atoms with Gasteiger partial charge in [0.05, 0.1) is 6.61 Å². The van der Waals surface area contributed by atoms with E-state index in [0.717, 1.165) is 12.8 Å². The number of nitrogens with one attached hydrogen (secondary N) is 2. The summed E-state index contributed by atoms with van der Waals surface area (Å²) in [7, 11) is 0. The summed E-state index contributed by atoms with van der Waals surface area (Å²) in [6, 6.07) is 0.322. The monoisotopic (exact) mass is 330 g/mol. The topological polar surface area (TPSA) is 100 Å². The molecule has 2 rings (SSSR count). The molecule has 0 aromatic carbocycles. The van der Waals surface area contributed by atoms with Crippen molar-refractivity contribution in [3.63, 3.8) is 0 Å². The Morgan fingerprint density at radius 2 is 2.33 bits per heavy atom. The maximum Gasteiger partial charge on any atom is 0.265 e. The van der Waals surface area contributed by atoms with E-state index < -0.39 is 0 Å². The molecule has 2 atom stereocenters. The lowest BCUT2D eigenvalue weighted by Crippen LogP contribution is -2.41. The number of hydrogen-bond acceptors (Lipinski definition) is 7. The summed E-state index contributed by atoms with van der Waals surface area (Å²) in [5.74, 6) is 0.0304. The molecule has 2 unspecified atom stereocenters. The second-order valence-electron chi connectivity index (χ2n) is 5.22. The van der Waals surface area contributed by atoms with Gasteiger partial charge in [-0.15, -0.1) is 0 Å². The second kappa shape index (κ2) is 7.33. The molecular formula is C13H22N4O2S2. The third-order valence-corrected chi connectivity index (χ3v) is 5.86. The number of aliphatic hydroxyl groups excluding tert-OH is 1. The molecule has 1 fully saturated rings. The molecule has 1 aromatic rings. The van der Waals surface area contributed by atoms with Crippen LogP contribution in [0, 0.1) is 0 Å². The van der Waals surface area contributed by atoms with Crippen LogP contribution in [-0.4, -0.2) is 46.2 Å². The molecule has 5 N–H and O–H groups in total. The first-order valence-electron chi connectivity index (χ1n) is 7.02. The quantitative estimate of drug-likeness (QED) is 0.605. The van der Waals surface area contributed by atoms with E-state index in [2.05, 4.69) is 15.6 Å². The number of thiazole rings is 1. The Kier molecular flexibility index (Phi) is 5.72. The summed E-state index contributed by atoms with van der Waals surface area (Å²) in [5.41, 5.74) is 5.84. The smallest absolute Gasteiger partial charge is 0.265 e. The molecule has 6 nitrogen and oxygen atoms in total. The Labute approximate surface area is 132 Å². The number of aromatic nitrogens is 1. The summed E-state index contributed by atoms with van der Waals surface area (Å²) in [5, 5.41) is 16.1. The lowest BCUT2D eigenvalue weighted by molar-refractivity contribution is 0.0940. The summed E-state index contributed by atoms with van der Waals surface area (Å²) in [6.07, 6.45) is 5.43. The zero-order chi connectivity index (χ0) is 15.4. The summed E-state index contributed by atoms with van der Waals surface area (Å²) in [4.78, 5) is 16.9. The molecule has 1 heterocycles. The summed E-state index contributed by atoms with van der Waals surface area (Å²) < 4.78 is 0. The van der Waals surface area contributed by atoms with E-state index in [1.807, 2.05) is 13.2 Å². The number of nitrogens with zero attached hydrogens (tertiary/aromatic N) is 1. The van der Waals surface area contributed by atoms with Gasteiger partial charge in [0.15, 0.2) is 5.13 Å². The molecule has 1 aliphatic carbocycles. The third kappa shape index (κ3) is 4.02. The highest BCUT2D eigenvalue weighted by Crippen LogP contribution is 2.29. The molecule has 21 heavy (non-hydrogen) atoms. The molecule has 0 spiro atoms. The van der Waals surface area contributed by atoms with Crippen LogP contribution in [0.4, 0.5) is 10.9 Å². The van der Waals surface area contributed by atoms with E-state index >= 15 is 0 Å². The number of thioether (sulfide) groups is 1. The number of carbonyl (C=O) groups excluding carboxylic acids is 1. The minimum atomic E-state index is -0.230. The maximum absolute atomic E-state index is 12.3. The van der Waals surface area contributed by atoms with Gasteiger partial charge in [-0.05, 0) is 32.4 Å². The van der Waals surface area contributed by atoms with Crippen LogP contribution >= 0.6 is 23.1 Å². The predicted molar refractivity (Wildman–Crippen MR) is 89.1 cm³/mol. The number of nitrogens with two attached hydrogens (primary N) is 1. The largest absolute Gasteiger partial charge is 0.395 e. The molecule has 0 aliphatic heterocycles. The van der Waals surface area contributed by atoms with Crippen molar-refractivity contribution in [1.29, 1.82) is 0 Å². The van der Waals surface area contributed by atoms with E-state index in [1.54, 1.807) is 0 Å². The molecule has 1 amide bonds. The zero-order valence-corrected chi connectivity index (χ0v) is 13.9. The van der Waals surface area contributed by atoms with Crippen LogP contribution < -0.4 is 16.4 Å². The van der Waals surface area contributed by atoms with Gasteiger partial charge in [-0.3, -0.25) is 4.79 Å². The van der Waals surface area contributed by atoms with Crippen LogP contribution in [0.3, 0.4) is 0 Å². The van der Waals surface area contributed by atoms with Gasteiger partial charge in [0.2, 0.25) is 0 Å². The normalized spacial score (nSPS) is 17.9. The van der Waals surface area contributed by atoms with Gasteiger partial charge >= 0.3 is 0 Å². The van der Waals surface area contributed by atoms with Crippen LogP contribution in [0.25, 0.3) is 0 Å². The fourth-order valence-corrected chi connectivity index (χ4v) is 3.58. The lowest BCUT2D eigenvalue weighted by atomic mass is 9.93. The molecule has 1 aromatic heterocycles. The third-order valence-electron chi connectivity index (χ3n) is 3.69. The fraction of sp³-hybridized carbons (Fsp3) is 0.692. The Balaban J connectivity index is 1.98. The zero-order valence-electron chi connectivity index (χ0n) is 12.3. The lowest BCUT2D eigenvalue weighted by Gasteiger charge is -2.25. The van der Waals surface area contributed by atoms with Crippen LogP contribution in [-0.2, 0) is 0 Å². The van der Waals surface area contributed by atoms with Gasteiger partial charge < -0.3 is 21.5 Å². The van der Waals surface area contributed by atoms with Crippen LogP contribution in [0.2, 0.25) is 0 Å². The van der Waals surface area contributed by atoms with Crippen molar-refractivity contribution >= 4 is 40.0 Å². The molecular weight excluding hydrogens is 308 g/mol. The highest BCUT2D eigenvalue weighted by atomic mass is 32.2. The first-order valence-corrected chi connectivity index (χ1v) is 9.13. The van der Waals surface area contributed by atoms with Gasteiger partial charge in [0.25, 0.3) is 5.91 Å². The maximum atomic E-state index is 12.3. The minimum Gasteiger partial charge on any atom is -0.395 e. The first kappa shape index (κ1) is 16.4. The highest BCUT2D eigenvalue weighted by Gasteiger charge is 2.23. The number of carbonyl (C=O) groups is 1.